The van der Waals surface area contributed by atoms with Gasteiger partial charge >= 0.3 is 0 Å². The van der Waals surface area contributed by atoms with Crippen LogP contribution in [-0.2, 0) is 12.3 Å². The Morgan fingerprint density at radius 2 is 1.76 bits per heavy atom. The Balaban J connectivity index is 1.53. The lowest BCUT2D eigenvalue weighted by Crippen LogP contribution is -2.24. The van der Waals surface area contributed by atoms with E-state index >= 15 is 0 Å². The average Bonchev–Trinajstić information content (AvgIpc) is 2.85. The van der Waals surface area contributed by atoms with E-state index in [-0.39, 0.29) is 11.1 Å². The number of ether oxygens (including phenoxy) is 1. The average molecular weight is 471 g/mol. The second kappa shape index (κ2) is 9.15. The van der Waals surface area contributed by atoms with Crippen LogP contribution in [0.3, 0.4) is 0 Å². The van der Waals surface area contributed by atoms with Gasteiger partial charge in [-0.1, -0.05) is 36.0 Å². The summed E-state index contributed by atoms with van der Waals surface area (Å²) in [6.45, 7) is 2.33. The van der Waals surface area contributed by atoms with Crippen molar-refractivity contribution in [1.82, 2.24) is 18.9 Å². The maximum Gasteiger partial charge on any atom is 0.262 e. The number of aromatic nitrogens is 4. The Morgan fingerprint density at radius 3 is 2.56 bits per heavy atom. The van der Waals surface area contributed by atoms with Crippen LogP contribution in [0, 0.1) is 6.92 Å². The number of hydrogen-bond donors (Lipinski definition) is 0. The van der Waals surface area contributed by atoms with Crippen molar-refractivity contribution in [2.75, 3.05) is 7.11 Å². The van der Waals surface area contributed by atoms with Crippen molar-refractivity contribution in [1.29, 1.82) is 0 Å². The molecule has 3 aromatic heterocycles. The summed E-state index contributed by atoms with van der Waals surface area (Å²) in [6.07, 6.45) is 1.73. The van der Waals surface area contributed by atoms with E-state index in [0.717, 1.165) is 16.9 Å². The van der Waals surface area contributed by atoms with Crippen molar-refractivity contribution in [2.45, 2.75) is 24.4 Å². The Kier molecular flexibility index (Phi) is 5.90. The molecule has 0 bridgehead atoms. The first-order valence-electron chi connectivity index (χ1n) is 10.8. The Hall–Kier alpha value is -3.91. The molecule has 0 aliphatic rings. The predicted octanol–water partition coefficient (Wildman–Crippen LogP) is 4.06. The molecule has 0 unspecified atom stereocenters. The first-order valence-corrected chi connectivity index (χ1v) is 11.7. The highest BCUT2D eigenvalue weighted by atomic mass is 32.2. The molecule has 2 aromatic carbocycles. The van der Waals surface area contributed by atoms with Gasteiger partial charge in [0.25, 0.3) is 11.1 Å². The fraction of sp³-hybridized carbons (Fsp3) is 0.154. The monoisotopic (exact) mass is 470 g/mol. The second-order valence-corrected chi connectivity index (χ2v) is 8.90. The van der Waals surface area contributed by atoms with Gasteiger partial charge in [0.2, 0.25) is 0 Å². The Morgan fingerprint density at radius 1 is 0.971 bits per heavy atom. The molecule has 0 atom stereocenters. The predicted molar refractivity (Wildman–Crippen MR) is 134 cm³/mol. The quantitative estimate of drug-likeness (QED) is 0.275. The lowest BCUT2D eigenvalue weighted by molar-refractivity contribution is 0.414. The van der Waals surface area contributed by atoms with Crippen molar-refractivity contribution in [3.05, 3.63) is 110 Å². The molecule has 0 aliphatic carbocycles. The summed E-state index contributed by atoms with van der Waals surface area (Å²) in [7, 11) is 1.62. The van der Waals surface area contributed by atoms with E-state index < -0.39 is 0 Å². The number of nitrogens with zero attached hydrogens (tertiary/aromatic N) is 4. The number of hydrogen-bond acceptors (Lipinski definition) is 6. The molecule has 3 heterocycles. The molecule has 7 nitrogen and oxygen atoms in total. The summed E-state index contributed by atoms with van der Waals surface area (Å²) in [5, 5.41) is 1.14. The van der Waals surface area contributed by atoms with Gasteiger partial charge in [-0.2, -0.15) is 0 Å². The van der Waals surface area contributed by atoms with Crippen molar-refractivity contribution in [2.24, 2.45) is 0 Å². The van der Waals surface area contributed by atoms with Crippen LogP contribution in [0.15, 0.2) is 87.7 Å². The molecule has 170 valence electrons. The lowest BCUT2D eigenvalue weighted by Gasteiger charge is -2.13. The van der Waals surface area contributed by atoms with Crippen LogP contribution in [0.25, 0.3) is 16.6 Å². The van der Waals surface area contributed by atoms with Gasteiger partial charge in [-0.15, -0.1) is 0 Å². The summed E-state index contributed by atoms with van der Waals surface area (Å²) < 4.78 is 8.44. The number of fused-ring (bicyclic) bond motifs is 2. The normalized spacial score (nSPS) is 11.2. The SMILES string of the molecule is COc1ccc(Cn2c(SCc3cc(=O)n4ccc(C)cc4n3)nc3ccccc3c2=O)cc1. The number of pyridine rings is 1. The first kappa shape index (κ1) is 21.9. The third kappa shape index (κ3) is 4.32. The molecule has 0 aliphatic heterocycles. The van der Waals surface area contributed by atoms with Crippen LogP contribution in [0.4, 0.5) is 0 Å². The minimum atomic E-state index is -0.136. The molecule has 34 heavy (non-hydrogen) atoms. The molecule has 8 heteroatoms. The van der Waals surface area contributed by atoms with Gasteiger partial charge in [-0.3, -0.25) is 18.6 Å². The lowest BCUT2D eigenvalue weighted by atomic mass is 10.2. The number of rotatable bonds is 6. The number of methoxy groups -OCH3 is 1. The van der Waals surface area contributed by atoms with Gasteiger partial charge in [-0.25, -0.2) is 9.97 Å². The molecular weight excluding hydrogens is 448 g/mol. The highest BCUT2D eigenvalue weighted by molar-refractivity contribution is 7.98. The van der Waals surface area contributed by atoms with Crippen LogP contribution in [0.5, 0.6) is 5.75 Å². The molecule has 0 saturated carbocycles. The molecule has 0 N–H and O–H groups in total. The zero-order valence-electron chi connectivity index (χ0n) is 18.8. The molecular formula is C26H22N4O3S. The largest absolute Gasteiger partial charge is 0.497 e. The molecule has 0 fully saturated rings. The van der Waals surface area contributed by atoms with E-state index in [1.165, 1.54) is 22.2 Å². The molecule has 0 radical (unpaired) electrons. The van der Waals surface area contributed by atoms with Crippen molar-refractivity contribution in [3.8, 4) is 5.75 Å². The van der Waals surface area contributed by atoms with Gasteiger partial charge in [0.1, 0.15) is 11.4 Å². The van der Waals surface area contributed by atoms with Gasteiger partial charge in [0.05, 0.1) is 30.3 Å². The molecule has 0 saturated heterocycles. The number of benzene rings is 2. The second-order valence-electron chi connectivity index (χ2n) is 7.96. The minimum Gasteiger partial charge on any atom is -0.497 e. The summed E-state index contributed by atoms with van der Waals surface area (Å²) >= 11 is 1.39. The third-order valence-corrected chi connectivity index (χ3v) is 6.56. The van der Waals surface area contributed by atoms with E-state index in [9.17, 15) is 9.59 Å². The van der Waals surface area contributed by atoms with Gasteiger partial charge < -0.3 is 4.74 Å². The minimum absolute atomic E-state index is 0.105. The smallest absolute Gasteiger partial charge is 0.262 e. The van der Waals surface area contributed by atoms with Crippen molar-refractivity contribution < 1.29 is 4.74 Å². The maximum absolute atomic E-state index is 13.4. The highest BCUT2D eigenvalue weighted by Gasteiger charge is 2.13. The fourth-order valence-corrected chi connectivity index (χ4v) is 4.67. The standard InChI is InChI=1S/C26H22N4O3S/c1-17-11-12-29-23(13-17)27-19(14-24(29)31)16-34-26-28-22-6-4-3-5-21(22)25(32)30(26)15-18-7-9-20(33-2)10-8-18/h3-14H,15-16H2,1-2H3. The van der Waals surface area contributed by atoms with Crippen LogP contribution in [0.2, 0.25) is 0 Å². The van der Waals surface area contributed by atoms with Crippen molar-refractivity contribution >= 4 is 28.3 Å². The summed E-state index contributed by atoms with van der Waals surface area (Å²) in [4.78, 5) is 35.3. The highest BCUT2D eigenvalue weighted by Crippen LogP contribution is 2.23. The van der Waals surface area contributed by atoms with Gasteiger partial charge in [-0.05, 0) is 54.4 Å². The summed E-state index contributed by atoms with van der Waals surface area (Å²) in [6, 6.07) is 20.2. The van der Waals surface area contributed by atoms with Gasteiger partial charge in [0.15, 0.2) is 5.16 Å². The molecule has 0 amide bonds. The zero-order valence-corrected chi connectivity index (χ0v) is 19.6. The number of aryl methyl sites for hydroxylation is 1. The fourth-order valence-electron chi connectivity index (χ4n) is 3.78. The van der Waals surface area contributed by atoms with Crippen LogP contribution in [0.1, 0.15) is 16.8 Å². The van der Waals surface area contributed by atoms with E-state index in [1.807, 2.05) is 61.5 Å². The molecule has 5 aromatic rings. The molecule has 5 rings (SSSR count). The summed E-state index contributed by atoms with van der Waals surface area (Å²) in [5.41, 5.74) is 3.63. The van der Waals surface area contributed by atoms with E-state index in [2.05, 4.69) is 4.98 Å². The molecule has 0 spiro atoms. The van der Waals surface area contributed by atoms with E-state index in [0.29, 0.717) is 39.7 Å². The zero-order chi connectivity index (χ0) is 23.7. The van der Waals surface area contributed by atoms with Crippen molar-refractivity contribution in [3.63, 3.8) is 0 Å². The van der Waals surface area contributed by atoms with E-state index in [1.54, 1.807) is 23.9 Å². The van der Waals surface area contributed by atoms with Crippen LogP contribution < -0.4 is 15.9 Å². The Bertz CT molecular complexity index is 1620. The number of thioether (sulfide) groups is 1. The first-order chi connectivity index (χ1) is 16.5. The Labute approximate surface area is 199 Å². The topological polar surface area (TPSA) is 78.5 Å². The van der Waals surface area contributed by atoms with Crippen LogP contribution in [-0.4, -0.2) is 26.0 Å². The van der Waals surface area contributed by atoms with Gasteiger partial charge in [0, 0.05) is 18.0 Å². The summed E-state index contributed by atoms with van der Waals surface area (Å²) in [5.74, 6) is 1.17. The maximum atomic E-state index is 13.4. The third-order valence-electron chi connectivity index (χ3n) is 5.55. The van der Waals surface area contributed by atoms with E-state index in [4.69, 9.17) is 9.72 Å². The van der Waals surface area contributed by atoms with Crippen LogP contribution >= 0.6 is 11.8 Å². The number of para-hydroxylation sites is 1.